The number of hydrogen-bond acceptors (Lipinski definition) is 1. The van der Waals surface area contributed by atoms with Crippen LogP contribution in [0.25, 0.3) is 0 Å². The van der Waals surface area contributed by atoms with Gasteiger partial charge in [0, 0.05) is 5.88 Å². The molecule has 0 bridgehead atoms. The molecule has 0 aromatic heterocycles. The van der Waals surface area contributed by atoms with E-state index in [-0.39, 0.29) is 5.17 Å². The number of alkyl halides is 1. The molecule has 12 heavy (non-hydrogen) atoms. The number of nitrogens with one attached hydrogen (secondary N) is 1. The summed E-state index contributed by atoms with van der Waals surface area (Å²) >= 11 is 8.85. The van der Waals surface area contributed by atoms with Crippen LogP contribution >= 0.6 is 24.2 Å². The van der Waals surface area contributed by atoms with Gasteiger partial charge in [-0.3, -0.25) is 5.41 Å². The average molecular weight is 203 g/mol. The van der Waals surface area contributed by atoms with E-state index in [1.165, 1.54) is 5.56 Å². The van der Waals surface area contributed by atoms with Crippen molar-refractivity contribution < 1.29 is 0 Å². The highest BCUT2D eigenvalue weighted by Gasteiger charge is 1.81. The van der Waals surface area contributed by atoms with Gasteiger partial charge in [0.15, 0.2) is 0 Å². The lowest BCUT2D eigenvalue weighted by Crippen LogP contribution is -1.96. The molecule has 1 aromatic carbocycles. The van der Waals surface area contributed by atoms with Gasteiger partial charge in [0.05, 0.1) is 0 Å². The number of benzene rings is 1. The molecule has 0 aliphatic heterocycles. The Balaban J connectivity index is 0.000000261. The third-order valence-electron chi connectivity index (χ3n) is 0.997. The number of halogens is 1. The van der Waals surface area contributed by atoms with Crippen LogP contribution in [-0.4, -0.2) is 5.17 Å². The van der Waals surface area contributed by atoms with Crippen molar-refractivity contribution in [3.63, 3.8) is 0 Å². The number of hydrogen-bond donors (Lipinski definition) is 3. The Morgan fingerprint density at radius 2 is 1.83 bits per heavy atom. The molecular formula is C8H11ClN2S. The maximum atomic E-state index is 6.14. The normalized spacial score (nSPS) is 8.17. The fourth-order valence-electron chi connectivity index (χ4n) is 0.567. The van der Waals surface area contributed by atoms with Gasteiger partial charge in [0.1, 0.15) is 5.17 Å². The first-order valence-electron chi connectivity index (χ1n) is 3.29. The Hall–Kier alpha value is -0.670. The van der Waals surface area contributed by atoms with E-state index in [9.17, 15) is 0 Å². The van der Waals surface area contributed by atoms with Crippen molar-refractivity contribution >= 4 is 29.4 Å². The summed E-state index contributed by atoms with van der Waals surface area (Å²) < 4.78 is 0. The highest BCUT2D eigenvalue weighted by Crippen LogP contribution is 2.00. The second kappa shape index (κ2) is 7.00. The first kappa shape index (κ1) is 11.3. The van der Waals surface area contributed by atoms with Gasteiger partial charge in [-0.05, 0) is 5.56 Å². The third kappa shape index (κ3) is 7.44. The van der Waals surface area contributed by atoms with Gasteiger partial charge in [-0.2, -0.15) is 0 Å². The SMILES string of the molecule is ClCc1ccccc1.N=C(N)S. The van der Waals surface area contributed by atoms with Crippen molar-refractivity contribution in [2.75, 3.05) is 0 Å². The summed E-state index contributed by atoms with van der Waals surface area (Å²) in [6.07, 6.45) is 0. The topological polar surface area (TPSA) is 49.9 Å². The highest BCUT2D eigenvalue weighted by molar-refractivity contribution is 7.96. The molecule has 0 saturated carbocycles. The lowest BCUT2D eigenvalue weighted by Gasteiger charge is -1.88. The van der Waals surface area contributed by atoms with Crippen LogP contribution in [0.5, 0.6) is 0 Å². The summed E-state index contributed by atoms with van der Waals surface area (Å²) in [7, 11) is 0. The number of thiol groups is 1. The van der Waals surface area contributed by atoms with Crippen LogP contribution in [0, 0.1) is 5.41 Å². The molecule has 2 nitrogen and oxygen atoms in total. The summed E-state index contributed by atoms with van der Waals surface area (Å²) in [6.45, 7) is 0. The van der Waals surface area contributed by atoms with Gasteiger partial charge in [-0.15, -0.1) is 24.2 Å². The zero-order chi connectivity index (χ0) is 9.40. The summed E-state index contributed by atoms with van der Waals surface area (Å²) in [5.41, 5.74) is 5.73. The molecule has 4 heteroatoms. The van der Waals surface area contributed by atoms with E-state index in [0.717, 1.165) is 0 Å². The summed E-state index contributed by atoms with van der Waals surface area (Å²) in [4.78, 5) is 0. The molecule has 0 aliphatic carbocycles. The predicted molar refractivity (Wildman–Crippen MR) is 56.9 cm³/mol. The van der Waals surface area contributed by atoms with Gasteiger partial charge < -0.3 is 5.73 Å². The molecule has 0 unspecified atom stereocenters. The van der Waals surface area contributed by atoms with Crippen molar-refractivity contribution in [3.05, 3.63) is 35.9 Å². The van der Waals surface area contributed by atoms with E-state index < -0.39 is 0 Å². The standard InChI is InChI=1S/C7H7Cl.CH4N2S/c8-6-7-4-2-1-3-5-7;2-1(3)4/h1-5H,6H2;(H4,2,3,4). The van der Waals surface area contributed by atoms with Crippen molar-refractivity contribution in [1.29, 1.82) is 5.41 Å². The monoisotopic (exact) mass is 202 g/mol. The van der Waals surface area contributed by atoms with E-state index in [4.69, 9.17) is 17.0 Å². The van der Waals surface area contributed by atoms with Crippen LogP contribution in [0.4, 0.5) is 0 Å². The Morgan fingerprint density at radius 3 is 2.08 bits per heavy atom. The van der Waals surface area contributed by atoms with Crippen LogP contribution in [-0.2, 0) is 5.88 Å². The van der Waals surface area contributed by atoms with Gasteiger partial charge in [0.2, 0.25) is 0 Å². The minimum atomic E-state index is -0.139. The molecule has 0 radical (unpaired) electrons. The fourth-order valence-corrected chi connectivity index (χ4v) is 0.745. The molecule has 0 atom stereocenters. The van der Waals surface area contributed by atoms with Crippen LogP contribution in [0.15, 0.2) is 30.3 Å². The molecule has 0 fully saturated rings. The van der Waals surface area contributed by atoms with E-state index in [1.807, 2.05) is 30.3 Å². The van der Waals surface area contributed by atoms with Gasteiger partial charge in [-0.1, -0.05) is 30.3 Å². The molecule has 0 saturated heterocycles. The minimum Gasteiger partial charge on any atom is -0.379 e. The Morgan fingerprint density at radius 1 is 1.42 bits per heavy atom. The minimum absolute atomic E-state index is 0.139. The summed E-state index contributed by atoms with van der Waals surface area (Å²) in [6, 6.07) is 9.96. The largest absolute Gasteiger partial charge is 0.379 e. The first-order valence-corrected chi connectivity index (χ1v) is 4.28. The lowest BCUT2D eigenvalue weighted by atomic mass is 10.2. The van der Waals surface area contributed by atoms with Crippen LogP contribution in [0.3, 0.4) is 0 Å². The van der Waals surface area contributed by atoms with Gasteiger partial charge in [-0.25, -0.2) is 0 Å². The van der Waals surface area contributed by atoms with E-state index in [0.29, 0.717) is 5.88 Å². The van der Waals surface area contributed by atoms with E-state index in [2.05, 4.69) is 18.4 Å². The second-order valence-electron chi connectivity index (χ2n) is 2.00. The van der Waals surface area contributed by atoms with E-state index in [1.54, 1.807) is 0 Å². The number of amidine groups is 1. The van der Waals surface area contributed by atoms with Crippen molar-refractivity contribution in [1.82, 2.24) is 0 Å². The quantitative estimate of drug-likeness (QED) is 0.278. The summed E-state index contributed by atoms with van der Waals surface area (Å²) in [5.74, 6) is 0.612. The number of nitrogens with two attached hydrogens (primary N) is 1. The zero-order valence-electron chi connectivity index (χ0n) is 6.50. The van der Waals surface area contributed by atoms with Crippen molar-refractivity contribution in [3.8, 4) is 0 Å². The zero-order valence-corrected chi connectivity index (χ0v) is 8.15. The molecule has 1 aromatic rings. The number of rotatable bonds is 1. The first-order chi connectivity index (χ1) is 5.66. The molecule has 66 valence electrons. The molecule has 0 heterocycles. The molecule has 3 N–H and O–H groups in total. The Kier molecular flexibility index (Phi) is 6.61. The fraction of sp³-hybridized carbons (Fsp3) is 0.125. The summed E-state index contributed by atoms with van der Waals surface area (Å²) in [5, 5.41) is 6.00. The molecule has 1 rings (SSSR count). The van der Waals surface area contributed by atoms with Crippen LogP contribution in [0.1, 0.15) is 5.56 Å². The maximum Gasteiger partial charge on any atom is 0.147 e. The second-order valence-corrected chi connectivity index (χ2v) is 2.75. The van der Waals surface area contributed by atoms with Gasteiger partial charge in [0.25, 0.3) is 0 Å². The molecule has 0 amide bonds. The van der Waals surface area contributed by atoms with Crippen molar-refractivity contribution in [2.24, 2.45) is 5.73 Å². The van der Waals surface area contributed by atoms with E-state index >= 15 is 0 Å². The average Bonchev–Trinajstić information content (AvgIpc) is 2.05. The third-order valence-corrected chi connectivity index (χ3v) is 1.31. The molecule has 0 spiro atoms. The highest BCUT2D eigenvalue weighted by atomic mass is 35.5. The maximum absolute atomic E-state index is 6.14. The van der Waals surface area contributed by atoms with Gasteiger partial charge >= 0.3 is 0 Å². The predicted octanol–water partition coefficient (Wildman–Crippen LogP) is 2.24. The lowest BCUT2D eigenvalue weighted by molar-refractivity contribution is 1.41. The molecule has 0 aliphatic rings. The smallest absolute Gasteiger partial charge is 0.147 e. The van der Waals surface area contributed by atoms with Crippen LogP contribution in [0.2, 0.25) is 0 Å². The van der Waals surface area contributed by atoms with Crippen LogP contribution < -0.4 is 5.73 Å². The molecular weight excluding hydrogens is 192 g/mol. The Bertz CT molecular complexity index is 222. The van der Waals surface area contributed by atoms with Crippen molar-refractivity contribution in [2.45, 2.75) is 5.88 Å². The Labute approximate surface area is 82.7 Å².